The quantitative estimate of drug-likeness (QED) is 0.669. The molecule has 0 aliphatic carbocycles. The van der Waals surface area contributed by atoms with Crippen molar-refractivity contribution >= 4 is 27.3 Å². The van der Waals surface area contributed by atoms with E-state index in [1.807, 2.05) is 6.92 Å². The van der Waals surface area contributed by atoms with Gasteiger partial charge in [-0.15, -0.1) is 0 Å². The number of hydrogen-bond donors (Lipinski definition) is 1. The summed E-state index contributed by atoms with van der Waals surface area (Å²) in [6.45, 7) is 2.29. The van der Waals surface area contributed by atoms with Crippen LogP contribution in [-0.4, -0.2) is 20.9 Å². The van der Waals surface area contributed by atoms with E-state index < -0.39 is 15.8 Å². The molecule has 3 aromatic rings. The minimum atomic E-state index is -3.69. The molecular weight excluding hydrogens is 403 g/mol. The number of fused-ring (bicyclic) bond motifs is 1. The molecule has 0 unspecified atom stereocenters. The van der Waals surface area contributed by atoms with Gasteiger partial charge in [0.25, 0.3) is 15.9 Å². The molecule has 0 atom stereocenters. The largest absolute Gasteiger partial charge is 0.322 e. The molecule has 5 nitrogen and oxygen atoms in total. The summed E-state index contributed by atoms with van der Waals surface area (Å²) in [5, 5.41) is 2.67. The zero-order valence-electron chi connectivity index (χ0n) is 16.4. The minimum absolute atomic E-state index is 0.244. The molecule has 0 radical (unpaired) electrons. The summed E-state index contributed by atoms with van der Waals surface area (Å²) >= 11 is 0. The van der Waals surface area contributed by atoms with Crippen LogP contribution in [0.15, 0.2) is 71.6 Å². The highest BCUT2D eigenvalue weighted by molar-refractivity contribution is 7.92. The third-order valence-corrected chi connectivity index (χ3v) is 6.94. The third-order valence-electron chi connectivity index (χ3n) is 5.11. The summed E-state index contributed by atoms with van der Waals surface area (Å²) in [6, 6.07) is 17.4. The Labute approximate surface area is 175 Å². The minimum Gasteiger partial charge on any atom is -0.322 e. The molecule has 1 amide bonds. The van der Waals surface area contributed by atoms with Gasteiger partial charge >= 0.3 is 0 Å². The number of hydrogen-bond acceptors (Lipinski definition) is 3. The van der Waals surface area contributed by atoms with Gasteiger partial charge in [-0.1, -0.05) is 23.8 Å². The van der Waals surface area contributed by atoms with E-state index in [2.05, 4.69) is 5.32 Å². The van der Waals surface area contributed by atoms with Crippen molar-refractivity contribution in [3.05, 3.63) is 89.2 Å². The van der Waals surface area contributed by atoms with E-state index in [1.54, 1.807) is 48.5 Å². The first-order valence-corrected chi connectivity index (χ1v) is 11.1. The molecule has 3 aromatic carbocycles. The number of rotatable bonds is 4. The van der Waals surface area contributed by atoms with Crippen molar-refractivity contribution in [3.8, 4) is 0 Å². The Bertz CT molecular complexity index is 1210. The van der Waals surface area contributed by atoms with E-state index in [-0.39, 0.29) is 10.8 Å². The molecule has 1 aliphatic rings. The molecule has 1 heterocycles. The zero-order valence-corrected chi connectivity index (χ0v) is 17.2. The van der Waals surface area contributed by atoms with E-state index in [4.69, 9.17) is 0 Å². The summed E-state index contributed by atoms with van der Waals surface area (Å²) in [5.74, 6) is -0.808. The molecule has 0 fully saturated rings. The Kier molecular flexibility index (Phi) is 5.30. The first-order chi connectivity index (χ1) is 14.3. The maximum Gasteiger partial charge on any atom is 0.264 e. The fourth-order valence-electron chi connectivity index (χ4n) is 3.56. The third kappa shape index (κ3) is 3.93. The highest BCUT2D eigenvalue weighted by atomic mass is 32.2. The number of nitrogens with one attached hydrogen (secondary N) is 1. The van der Waals surface area contributed by atoms with Crippen molar-refractivity contribution in [2.45, 2.75) is 24.7 Å². The van der Waals surface area contributed by atoms with Gasteiger partial charge in [0.15, 0.2) is 0 Å². The van der Waals surface area contributed by atoms with Gasteiger partial charge in [0.1, 0.15) is 5.82 Å². The number of carbonyl (C=O) groups is 1. The summed E-state index contributed by atoms with van der Waals surface area (Å²) in [4.78, 5) is 12.8. The standard InChI is InChI=1S/C23H21FN2O3S/c1-16-7-10-21(11-8-16)30(28,29)26-13-3-4-17-14-18(9-12-22(17)26)23(27)25-20-6-2-5-19(24)15-20/h2,5-12,14-15H,3-4,13H2,1H3,(H,25,27). The van der Waals surface area contributed by atoms with Gasteiger partial charge < -0.3 is 5.32 Å². The molecule has 0 aromatic heterocycles. The van der Waals surface area contributed by atoms with Crippen molar-refractivity contribution in [2.24, 2.45) is 0 Å². The van der Waals surface area contributed by atoms with Crippen LogP contribution in [0.2, 0.25) is 0 Å². The maximum absolute atomic E-state index is 13.3. The predicted octanol–water partition coefficient (Wildman–Crippen LogP) is 4.53. The normalized spacial score (nSPS) is 13.6. The second kappa shape index (κ2) is 7.91. The van der Waals surface area contributed by atoms with Crippen LogP contribution in [0.4, 0.5) is 15.8 Å². The summed E-state index contributed by atoms with van der Waals surface area (Å²) in [7, 11) is -3.69. The summed E-state index contributed by atoms with van der Waals surface area (Å²) < 4.78 is 41.1. The predicted molar refractivity (Wildman–Crippen MR) is 115 cm³/mol. The number of sulfonamides is 1. The van der Waals surface area contributed by atoms with Crippen molar-refractivity contribution < 1.29 is 17.6 Å². The lowest BCUT2D eigenvalue weighted by Crippen LogP contribution is -2.35. The number of carbonyl (C=O) groups excluding carboxylic acids is 1. The molecule has 0 saturated carbocycles. The van der Waals surface area contributed by atoms with Gasteiger partial charge in [-0.2, -0.15) is 0 Å². The Morgan fingerprint density at radius 3 is 2.53 bits per heavy atom. The molecule has 1 N–H and O–H groups in total. The van der Waals surface area contributed by atoms with Crippen molar-refractivity contribution in [1.82, 2.24) is 0 Å². The van der Waals surface area contributed by atoms with Crippen LogP contribution in [0, 0.1) is 12.7 Å². The van der Waals surface area contributed by atoms with E-state index >= 15 is 0 Å². The van der Waals surface area contributed by atoms with Crippen LogP contribution in [0.1, 0.15) is 27.9 Å². The van der Waals surface area contributed by atoms with E-state index in [0.717, 1.165) is 11.1 Å². The fourth-order valence-corrected chi connectivity index (χ4v) is 5.10. The maximum atomic E-state index is 13.3. The van der Waals surface area contributed by atoms with Crippen molar-refractivity contribution in [3.63, 3.8) is 0 Å². The lowest BCUT2D eigenvalue weighted by molar-refractivity contribution is 0.102. The molecule has 0 saturated heterocycles. The number of benzene rings is 3. The number of nitrogens with zero attached hydrogens (tertiary/aromatic N) is 1. The zero-order chi connectivity index (χ0) is 21.3. The molecule has 0 bridgehead atoms. The molecular formula is C23H21FN2O3S. The Balaban J connectivity index is 1.62. The highest BCUT2D eigenvalue weighted by Crippen LogP contribution is 2.33. The molecule has 30 heavy (non-hydrogen) atoms. The molecule has 154 valence electrons. The smallest absolute Gasteiger partial charge is 0.264 e. The van der Waals surface area contributed by atoms with Gasteiger partial charge in [-0.05, 0) is 73.9 Å². The lowest BCUT2D eigenvalue weighted by Gasteiger charge is -2.30. The number of halogens is 1. The van der Waals surface area contributed by atoms with Gasteiger partial charge in [0.05, 0.1) is 10.6 Å². The topological polar surface area (TPSA) is 66.5 Å². The van der Waals surface area contributed by atoms with Gasteiger partial charge in [-0.3, -0.25) is 9.10 Å². The van der Waals surface area contributed by atoms with Crippen molar-refractivity contribution in [1.29, 1.82) is 0 Å². The molecule has 7 heteroatoms. The first-order valence-electron chi connectivity index (χ1n) is 9.64. The van der Waals surface area contributed by atoms with E-state index in [1.165, 1.54) is 22.5 Å². The Hall–Kier alpha value is -3.19. The fraction of sp³-hybridized carbons (Fsp3) is 0.174. The molecule has 1 aliphatic heterocycles. The first kappa shape index (κ1) is 20.1. The van der Waals surface area contributed by atoms with Crippen LogP contribution in [0.5, 0.6) is 0 Å². The van der Waals surface area contributed by atoms with Gasteiger partial charge in [0.2, 0.25) is 0 Å². The summed E-state index contributed by atoms with van der Waals surface area (Å²) in [5.41, 5.74) is 3.13. The van der Waals surface area contributed by atoms with Crippen molar-refractivity contribution in [2.75, 3.05) is 16.2 Å². The highest BCUT2D eigenvalue weighted by Gasteiger charge is 2.29. The van der Waals surface area contributed by atoms with E-state index in [9.17, 15) is 17.6 Å². The Morgan fingerprint density at radius 1 is 1.03 bits per heavy atom. The van der Waals surface area contributed by atoms with E-state index in [0.29, 0.717) is 36.3 Å². The number of amides is 1. The monoisotopic (exact) mass is 424 g/mol. The second-order valence-electron chi connectivity index (χ2n) is 7.30. The lowest BCUT2D eigenvalue weighted by atomic mass is 10.0. The van der Waals surface area contributed by atoms with Crippen LogP contribution >= 0.6 is 0 Å². The average molecular weight is 424 g/mol. The SMILES string of the molecule is Cc1ccc(S(=O)(=O)N2CCCc3cc(C(=O)Nc4cccc(F)c4)ccc32)cc1. The van der Waals surface area contributed by atoms with Crippen LogP contribution in [-0.2, 0) is 16.4 Å². The summed E-state index contributed by atoms with van der Waals surface area (Å²) in [6.07, 6.45) is 1.34. The molecule has 0 spiro atoms. The van der Waals surface area contributed by atoms with Crippen LogP contribution in [0.25, 0.3) is 0 Å². The van der Waals surface area contributed by atoms with Gasteiger partial charge in [-0.25, -0.2) is 12.8 Å². The average Bonchev–Trinajstić information content (AvgIpc) is 2.73. The Morgan fingerprint density at radius 2 is 1.80 bits per heavy atom. The number of aryl methyl sites for hydroxylation is 2. The second-order valence-corrected chi connectivity index (χ2v) is 9.16. The van der Waals surface area contributed by atoms with Crippen LogP contribution in [0.3, 0.4) is 0 Å². The van der Waals surface area contributed by atoms with Crippen LogP contribution < -0.4 is 9.62 Å². The molecule has 4 rings (SSSR count). The number of anilines is 2. The van der Waals surface area contributed by atoms with Gasteiger partial charge in [0, 0.05) is 17.8 Å².